The Labute approximate surface area is 108 Å². The molecule has 0 fully saturated rings. The summed E-state index contributed by atoms with van der Waals surface area (Å²) in [7, 11) is 0. The fourth-order valence-corrected chi connectivity index (χ4v) is 2.08. The van der Waals surface area contributed by atoms with E-state index in [2.05, 4.69) is 21.2 Å². The molecule has 0 radical (unpaired) electrons. The molecule has 1 rings (SSSR count). The molecule has 0 aliphatic carbocycles. The van der Waals surface area contributed by atoms with Crippen LogP contribution in [0.1, 0.15) is 18.5 Å². The Morgan fingerprint density at radius 2 is 2.06 bits per heavy atom. The van der Waals surface area contributed by atoms with Crippen molar-refractivity contribution in [2.45, 2.75) is 19.4 Å². The summed E-state index contributed by atoms with van der Waals surface area (Å²) in [6.45, 7) is 2.37. The zero-order valence-electron chi connectivity index (χ0n) is 9.63. The topological polar surface area (TPSA) is 21.3 Å². The third-order valence-corrected chi connectivity index (χ3v) is 3.03. The first-order valence-corrected chi connectivity index (χ1v) is 6.24. The van der Waals surface area contributed by atoms with E-state index in [-0.39, 0.29) is 6.04 Å². The van der Waals surface area contributed by atoms with Crippen LogP contribution in [0.15, 0.2) is 28.7 Å². The predicted molar refractivity (Wildman–Crippen MR) is 67.4 cm³/mol. The number of ether oxygens (including phenoxy) is 1. The monoisotopic (exact) mass is 307 g/mol. The van der Waals surface area contributed by atoms with E-state index < -0.39 is 13.0 Å². The van der Waals surface area contributed by atoms with Gasteiger partial charge in [0.15, 0.2) is 0 Å². The lowest BCUT2D eigenvalue weighted by molar-refractivity contribution is 0.0183. The smallest absolute Gasteiger partial charge is 0.261 e. The first-order valence-electron chi connectivity index (χ1n) is 5.45. The van der Waals surface area contributed by atoms with Gasteiger partial charge in [0, 0.05) is 17.1 Å². The molecular formula is C12H16BrF2NO. The van der Waals surface area contributed by atoms with Crippen molar-refractivity contribution in [3.05, 3.63) is 34.3 Å². The quantitative estimate of drug-likeness (QED) is 0.780. The highest BCUT2D eigenvalue weighted by molar-refractivity contribution is 9.10. The van der Waals surface area contributed by atoms with Crippen LogP contribution >= 0.6 is 15.9 Å². The van der Waals surface area contributed by atoms with Gasteiger partial charge in [-0.05, 0) is 18.6 Å². The van der Waals surface area contributed by atoms with Crippen LogP contribution in [0.25, 0.3) is 0 Å². The maximum Gasteiger partial charge on any atom is 0.261 e. The van der Waals surface area contributed by atoms with Crippen LogP contribution < -0.4 is 5.32 Å². The number of alkyl halides is 2. The second kappa shape index (κ2) is 7.74. The number of halogens is 3. The van der Waals surface area contributed by atoms with E-state index in [1.165, 1.54) is 0 Å². The summed E-state index contributed by atoms with van der Waals surface area (Å²) in [5.41, 5.74) is 1.14. The summed E-state index contributed by atoms with van der Waals surface area (Å²) < 4.78 is 29.4. The third kappa shape index (κ3) is 5.57. The lowest BCUT2D eigenvalue weighted by Gasteiger charge is -2.15. The van der Waals surface area contributed by atoms with Gasteiger partial charge in [0.2, 0.25) is 0 Å². The second-order valence-electron chi connectivity index (χ2n) is 3.66. The molecule has 5 heteroatoms. The van der Waals surface area contributed by atoms with Crippen LogP contribution in [0.4, 0.5) is 8.78 Å². The number of hydrogen-bond donors (Lipinski definition) is 1. The SMILES string of the molecule is CC(NCCOCC(F)F)c1ccccc1Br. The molecular weight excluding hydrogens is 292 g/mol. The fraction of sp³-hybridized carbons (Fsp3) is 0.500. The summed E-state index contributed by atoms with van der Waals surface area (Å²) in [6.07, 6.45) is -2.39. The van der Waals surface area contributed by atoms with E-state index in [1.54, 1.807) is 0 Å². The minimum absolute atomic E-state index is 0.153. The van der Waals surface area contributed by atoms with E-state index in [9.17, 15) is 8.78 Å². The zero-order valence-corrected chi connectivity index (χ0v) is 11.2. The van der Waals surface area contributed by atoms with Crippen LogP contribution in [0.3, 0.4) is 0 Å². The molecule has 1 aromatic rings. The summed E-state index contributed by atoms with van der Waals surface area (Å²) in [5.74, 6) is 0. The molecule has 0 bridgehead atoms. The lowest BCUT2D eigenvalue weighted by Crippen LogP contribution is -2.24. The van der Waals surface area contributed by atoms with Crippen molar-refractivity contribution in [1.82, 2.24) is 5.32 Å². The van der Waals surface area contributed by atoms with Crippen molar-refractivity contribution >= 4 is 15.9 Å². The molecule has 1 N–H and O–H groups in total. The van der Waals surface area contributed by atoms with Crippen LogP contribution in [0, 0.1) is 0 Å². The highest BCUT2D eigenvalue weighted by Crippen LogP contribution is 2.22. The Kier molecular flexibility index (Phi) is 6.62. The third-order valence-electron chi connectivity index (χ3n) is 2.31. The average molecular weight is 308 g/mol. The van der Waals surface area contributed by atoms with Crippen LogP contribution in [0.2, 0.25) is 0 Å². The molecule has 0 saturated carbocycles. The Morgan fingerprint density at radius 1 is 1.35 bits per heavy atom. The number of nitrogens with one attached hydrogen (secondary N) is 1. The first kappa shape index (κ1) is 14.5. The van der Waals surface area contributed by atoms with Gasteiger partial charge < -0.3 is 10.1 Å². The van der Waals surface area contributed by atoms with Gasteiger partial charge in [-0.15, -0.1) is 0 Å². The molecule has 0 amide bonds. The fourth-order valence-electron chi connectivity index (χ4n) is 1.46. The average Bonchev–Trinajstić information content (AvgIpc) is 2.28. The van der Waals surface area contributed by atoms with E-state index in [0.29, 0.717) is 13.2 Å². The normalized spacial score (nSPS) is 13.0. The van der Waals surface area contributed by atoms with Gasteiger partial charge in [-0.3, -0.25) is 0 Å². The summed E-state index contributed by atoms with van der Waals surface area (Å²) in [4.78, 5) is 0. The summed E-state index contributed by atoms with van der Waals surface area (Å²) in [6, 6.07) is 8.06. The molecule has 0 aliphatic rings. The van der Waals surface area contributed by atoms with Crippen LogP contribution in [0.5, 0.6) is 0 Å². The molecule has 1 unspecified atom stereocenters. The molecule has 0 heterocycles. The van der Waals surface area contributed by atoms with E-state index >= 15 is 0 Å². The van der Waals surface area contributed by atoms with Gasteiger partial charge in [0.05, 0.1) is 6.61 Å². The van der Waals surface area contributed by atoms with Gasteiger partial charge in [0.25, 0.3) is 6.43 Å². The summed E-state index contributed by atoms with van der Waals surface area (Å²) >= 11 is 3.47. The maximum atomic E-state index is 11.8. The minimum atomic E-state index is -2.39. The summed E-state index contributed by atoms with van der Waals surface area (Å²) in [5, 5.41) is 3.21. The van der Waals surface area contributed by atoms with Crippen molar-refractivity contribution in [3.8, 4) is 0 Å². The van der Waals surface area contributed by atoms with Crippen LogP contribution in [-0.4, -0.2) is 26.2 Å². The molecule has 1 aromatic carbocycles. The van der Waals surface area contributed by atoms with Crippen molar-refractivity contribution in [1.29, 1.82) is 0 Å². The predicted octanol–water partition coefficient (Wildman–Crippen LogP) is 3.38. The second-order valence-corrected chi connectivity index (χ2v) is 4.52. The van der Waals surface area contributed by atoms with Gasteiger partial charge >= 0.3 is 0 Å². The van der Waals surface area contributed by atoms with E-state index in [1.807, 2.05) is 31.2 Å². The van der Waals surface area contributed by atoms with Gasteiger partial charge in [-0.2, -0.15) is 0 Å². The molecule has 0 aromatic heterocycles. The van der Waals surface area contributed by atoms with Crippen molar-refractivity contribution in [3.63, 3.8) is 0 Å². The standard InChI is InChI=1S/C12H16BrF2NO/c1-9(10-4-2-3-5-11(10)13)16-6-7-17-8-12(14)15/h2-5,9,12,16H,6-8H2,1H3. The largest absolute Gasteiger partial charge is 0.374 e. The molecule has 1 atom stereocenters. The maximum absolute atomic E-state index is 11.8. The van der Waals surface area contributed by atoms with Crippen LogP contribution in [-0.2, 0) is 4.74 Å². The number of rotatable bonds is 7. The minimum Gasteiger partial charge on any atom is -0.374 e. The Morgan fingerprint density at radius 3 is 2.71 bits per heavy atom. The van der Waals surface area contributed by atoms with Crippen molar-refractivity contribution in [2.75, 3.05) is 19.8 Å². The van der Waals surface area contributed by atoms with E-state index in [4.69, 9.17) is 4.74 Å². The molecule has 17 heavy (non-hydrogen) atoms. The molecule has 0 spiro atoms. The van der Waals surface area contributed by atoms with Crippen molar-refractivity contribution < 1.29 is 13.5 Å². The first-order chi connectivity index (χ1) is 8.11. The lowest BCUT2D eigenvalue weighted by atomic mass is 10.1. The van der Waals surface area contributed by atoms with Gasteiger partial charge in [-0.1, -0.05) is 34.1 Å². The highest BCUT2D eigenvalue weighted by atomic mass is 79.9. The Bertz CT molecular complexity index is 336. The van der Waals surface area contributed by atoms with Crippen molar-refractivity contribution in [2.24, 2.45) is 0 Å². The zero-order chi connectivity index (χ0) is 12.7. The molecule has 0 saturated heterocycles. The Hall–Kier alpha value is -0.520. The van der Waals surface area contributed by atoms with Gasteiger partial charge in [-0.25, -0.2) is 8.78 Å². The molecule has 0 aliphatic heterocycles. The number of benzene rings is 1. The molecule has 96 valence electrons. The molecule has 2 nitrogen and oxygen atoms in total. The Balaban J connectivity index is 2.26. The van der Waals surface area contributed by atoms with Gasteiger partial charge in [0.1, 0.15) is 6.61 Å². The number of hydrogen-bond acceptors (Lipinski definition) is 2. The van der Waals surface area contributed by atoms with E-state index in [0.717, 1.165) is 10.0 Å². The highest BCUT2D eigenvalue weighted by Gasteiger charge is 2.07.